The molecule has 0 saturated carbocycles. The first-order valence-corrected chi connectivity index (χ1v) is 8.41. The number of H-pyrrole nitrogens is 1. The molecule has 8 heteroatoms. The number of pyridine rings is 1. The van der Waals surface area contributed by atoms with Crippen LogP contribution >= 0.6 is 0 Å². The van der Waals surface area contributed by atoms with Gasteiger partial charge in [-0.3, -0.25) is 19.2 Å². The van der Waals surface area contributed by atoms with Gasteiger partial charge in [-0.2, -0.15) is 0 Å². The van der Waals surface area contributed by atoms with Crippen molar-refractivity contribution in [2.45, 2.75) is 18.5 Å². The van der Waals surface area contributed by atoms with E-state index in [1.54, 1.807) is 31.3 Å². The Morgan fingerprint density at radius 2 is 2.00 bits per heavy atom. The number of aromatic nitrogens is 1. The molecule has 3 amide bonds. The van der Waals surface area contributed by atoms with Crippen LogP contribution in [0.5, 0.6) is 0 Å². The summed E-state index contributed by atoms with van der Waals surface area (Å²) in [4.78, 5) is 54.9. The Labute approximate surface area is 148 Å². The van der Waals surface area contributed by atoms with Crippen molar-refractivity contribution in [3.05, 3.63) is 46.2 Å². The summed E-state index contributed by atoms with van der Waals surface area (Å²) >= 11 is 0. The number of hydrogen-bond donors (Lipinski definition) is 2. The minimum Gasteiger partial charge on any atom is -0.350 e. The van der Waals surface area contributed by atoms with Gasteiger partial charge in [-0.1, -0.05) is 12.1 Å². The fourth-order valence-corrected chi connectivity index (χ4v) is 3.66. The lowest BCUT2D eigenvalue weighted by Crippen LogP contribution is -2.55. The third-order valence-electron chi connectivity index (χ3n) is 4.97. The Morgan fingerprint density at radius 1 is 1.23 bits per heavy atom. The molecule has 2 aliphatic heterocycles. The number of rotatable bonds is 2. The van der Waals surface area contributed by atoms with E-state index in [9.17, 15) is 19.2 Å². The molecule has 2 N–H and O–H groups in total. The summed E-state index contributed by atoms with van der Waals surface area (Å²) in [5.41, 5.74) is 0.509. The van der Waals surface area contributed by atoms with Gasteiger partial charge in [0.05, 0.1) is 6.54 Å². The average Bonchev–Trinajstić information content (AvgIpc) is 3.04. The number of benzene rings is 1. The molecule has 0 bridgehead atoms. The van der Waals surface area contributed by atoms with E-state index in [4.69, 9.17) is 0 Å². The predicted octanol–water partition coefficient (Wildman–Crippen LogP) is -0.301. The van der Waals surface area contributed by atoms with E-state index in [2.05, 4.69) is 10.3 Å². The Balaban J connectivity index is 1.53. The second-order valence-corrected chi connectivity index (χ2v) is 6.76. The van der Waals surface area contributed by atoms with E-state index in [1.807, 2.05) is 0 Å². The minimum absolute atomic E-state index is 0.0635. The van der Waals surface area contributed by atoms with Gasteiger partial charge in [-0.25, -0.2) is 0 Å². The van der Waals surface area contributed by atoms with Crippen molar-refractivity contribution in [2.75, 3.05) is 20.1 Å². The van der Waals surface area contributed by atoms with E-state index in [-0.39, 0.29) is 35.5 Å². The third-order valence-corrected chi connectivity index (χ3v) is 4.97. The Hall–Kier alpha value is -3.16. The quantitative estimate of drug-likeness (QED) is 0.773. The van der Waals surface area contributed by atoms with E-state index in [0.717, 1.165) is 0 Å². The number of likely N-dealkylation sites (N-methyl/N-ethyl adjacent to an activating group) is 1. The summed E-state index contributed by atoms with van der Waals surface area (Å²) in [6, 6.07) is 7.38. The lowest BCUT2D eigenvalue weighted by atomic mass is 10.1. The zero-order chi connectivity index (χ0) is 18.4. The summed E-state index contributed by atoms with van der Waals surface area (Å²) in [5, 5.41) is 3.34. The van der Waals surface area contributed by atoms with Gasteiger partial charge in [-0.15, -0.1) is 0 Å². The van der Waals surface area contributed by atoms with Crippen LogP contribution in [0.4, 0.5) is 0 Å². The molecule has 134 valence electrons. The third kappa shape index (κ3) is 2.63. The fraction of sp³-hybridized carbons (Fsp3) is 0.333. The molecule has 2 atom stereocenters. The number of carbonyl (C=O) groups excluding carboxylic acids is 3. The SMILES string of the molecule is CN1CC(=O)N2C[C@H](NC(=O)c3cc(=O)c4ccccc4[nH]3)C[C@H]2C1=O. The monoisotopic (exact) mass is 354 g/mol. The molecule has 8 nitrogen and oxygen atoms in total. The lowest BCUT2D eigenvalue weighted by molar-refractivity contribution is -0.152. The van der Waals surface area contributed by atoms with Crippen molar-refractivity contribution in [1.82, 2.24) is 20.1 Å². The first kappa shape index (κ1) is 16.3. The van der Waals surface area contributed by atoms with Gasteiger partial charge in [0.2, 0.25) is 11.8 Å². The van der Waals surface area contributed by atoms with E-state index in [0.29, 0.717) is 23.9 Å². The number of fused-ring (bicyclic) bond motifs is 2. The number of nitrogens with one attached hydrogen (secondary N) is 2. The molecule has 0 unspecified atom stereocenters. The average molecular weight is 354 g/mol. The maximum Gasteiger partial charge on any atom is 0.268 e. The first-order chi connectivity index (χ1) is 12.4. The lowest BCUT2D eigenvalue weighted by Gasteiger charge is -2.33. The highest BCUT2D eigenvalue weighted by atomic mass is 16.2. The van der Waals surface area contributed by atoms with Gasteiger partial charge in [0.15, 0.2) is 5.43 Å². The standard InChI is InChI=1S/C18H18N4O4/c1-21-9-16(24)22-8-10(6-14(22)18(21)26)19-17(25)13-7-15(23)11-4-2-3-5-12(11)20-13/h2-5,7,10,14H,6,8-9H2,1H3,(H,19,25)(H,20,23)/t10-,14+/m1/s1. The molecule has 2 aliphatic rings. The van der Waals surface area contributed by atoms with Crippen molar-refractivity contribution in [3.8, 4) is 0 Å². The van der Waals surface area contributed by atoms with E-state index >= 15 is 0 Å². The number of nitrogens with zero attached hydrogens (tertiary/aromatic N) is 2. The number of carbonyl (C=O) groups is 3. The van der Waals surface area contributed by atoms with Crippen LogP contribution in [0.3, 0.4) is 0 Å². The van der Waals surface area contributed by atoms with Crippen LogP contribution in [0.2, 0.25) is 0 Å². The second-order valence-electron chi connectivity index (χ2n) is 6.76. The maximum absolute atomic E-state index is 12.5. The Bertz CT molecular complexity index is 983. The molecule has 3 heterocycles. The largest absolute Gasteiger partial charge is 0.350 e. The zero-order valence-electron chi connectivity index (χ0n) is 14.2. The van der Waals surface area contributed by atoms with Crippen molar-refractivity contribution >= 4 is 28.6 Å². The molecule has 1 aromatic carbocycles. The van der Waals surface area contributed by atoms with E-state index in [1.165, 1.54) is 15.9 Å². The summed E-state index contributed by atoms with van der Waals surface area (Å²) in [5.74, 6) is -0.653. The zero-order valence-corrected chi connectivity index (χ0v) is 14.2. The van der Waals surface area contributed by atoms with Crippen LogP contribution < -0.4 is 10.7 Å². The number of amides is 3. The van der Waals surface area contributed by atoms with Gasteiger partial charge in [-0.05, 0) is 18.6 Å². The molecule has 2 fully saturated rings. The maximum atomic E-state index is 12.5. The Kier molecular flexibility index (Phi) is 3.75. The van der Waals surface area contributed by atoms with Crippen LogP contribution in [-0.2, 0) is 9.59 Å². The number of piperazine rings is 1. The van der Waals surface area contributed by atoms with Crippen LogP contribution in [0.1, 0.15) is 16.9 Å². The molecule has 4 rings (SSSR count). The summed E-state index contributed by atoms with van der Waals surface area (Å²) in [7, 11) is 1.60. The van der Waals surface area contributed by atoms with Gasteiger partial charge in [0.25, 0.3) is 5.91 Å². The Morgan fingerprint density at radius 3 is 2.81 bits per heavy atom. The summed E-state index contributed by atoms with van der Waals surface area (Å²) < 4.78 is 0. The molecule has 0 aliphatic carbocycles. The van der Waals surface area contributed by atoms with Gasteiger partial charge in [0.1, 0.15) is 11.7 Å². The number of aromatic amines is 1. The minimum atomic E-state index is -0.526. The van der Waals surface area contributed by atoms with Crippen LogP contribution in [-0.4, -0.2) is 64.7 Å². The molecular formula is C18H18N4O4. The highest BCUT2D eigenvalue weighted by molar-refractivity contribution is 5.97. The molecule has 2 saturated heterocycles. The fourth-order valence-electron chi connectivity index (χ4n) is 3.66. The van der Waals surface area contributed by atoms with Crippen molar-refractivity contribution in [2.24, 2.45) is 0 Å². The van der Waals surface area contributed by atoms with Gasteiger partial charge >= 0.3 is 0 Å². The highest BCUT2D eigenvalue weighted by Crippen LogP contribution is 2.23. The molecule has 0 spiro atoms. The van der Waals surface area contributed by atoms with Gasteiger partial charge < -0.3 is 20.1 Å². The van der Waals surface area contributed by atoms with Crippen LogP contribution in [0.15, 0.2) is 35.1 Å². The first-order valence-electron chi connectivity index (χ1n) is 8.41. The number of para-hydroxylation sites is 1. The van der Waals surface area contributed by atoms with Crippen molar-refractivity contribution in [1.29, 1.82) is 0 Å². The van der Waals surface area contributed by atoms with Gasteiger partial charge in [0, 0.05) is 36.6 Å². The molecule has 26 heavy (non-hydrogen) atoms. The molecule has 2 aromatic rings. The summed E-state index contributed by atoms with van der Waals surface area (Å²) in [6.07, 6.45) is 0.373. The van der Waals surface area contributed by atoms with Crippen molar-refractivity contribution < 1.29 is 14.4 Å². The smallest absolute Gasteiger partial charge is 0.268 e. The van der Waals surface area contributed by atoms with Crippen LogP contribution in [0, 0.1) is 0 Å². The summed E-state index contributed by atoms with van der Waals surface area (Å²) in [6.45, 7) is 0.362. The highest BCUT2D eigenvalue weighted by Gasteiger charge is 2.44. The number of hydrogen-bond acceptors (Lipinski definition) is 4. The van der Waals surface area contributed by atoms with Crippen molar-refractivity contribution in [3.63, 3.8) is 0 Å². The normalized spacial score (nSPS) is 22.7. The molecule has 0 radical (unpaired) electrons. The molecular weight excluding hydrogens is 336 g/mol. The van der Waals surface area contributed by atoms with E-state index < -0.39 is 11.9 Å². The second kappa shape index (κ2) is 5.98. The topological polar surface area (TPSA) is 103 Å². The predicted molar refractivity (Wildman–Crippen MR) is 93.6 cm³/mol. The molecule has 1 aromatic heterocycles. The van der Waals surface area contributed by atoms with Crippen LogP contribution in [0.25, 0.3) is 10.9 Å².